The molecule has 1 atom stereocenters. The second kappa shape index (κ2) is 5.83. The van der Waals surface area contributed by atoms with Crippen LogP contribution < -0.4 is 10.5 Å². The van der Waals surface area contributed by atoms with Crippen LogP contribution in [0.25, 0.3) is 0 Å². The molecule has 0 bridgehead atoms. The summed E-state index contributed by atoms with van der Waals surface area (Å²) in [7, 11) is 1.59. The maximum atomic E-state index is 6.30. The average Bonchev–Trinajstić information content (AvgIpc) is 2.38. The van der Waals surface area contributed by atoms with E-state index in [0.717, 1.165) is 16.7 Å². The minimum Gasteiger partial charge on any atom is -0.495 e. The lowest BCUT2D eigenvalue weighted by molar-refractivity contribution is 0.414. The zero-order valence-corrected chi connectivity index (χ0v) is 12.3. The van der Waals surface area contributed by atoms with Gasteiger partial charge in [0.15, 0.2) is 0 Å². The van der Waals surface area contributed by atoms with Crippen LogP contribution in [0.15, 0.2) is 36.4 Å². The summed E-state index contributed by atoms with van der Waals surface area (Å²) in [4.78, 5) is 0. The highest BCUT2D eigenvalue weighted by molar-refractivity contribution is 6.32. The standard InChI is InChI=1S/C15H15Cl2NO/c1-9-7-11(16)4-5-12(9)15(18)10-3-6-13(17)14(8-10)19-2/h3-8,15H,18H2,1-2H3. The number of halogens is 2. The summed E-state index contributed by atoms with van der Waals surface area (Å²) in [6.07, 6.45) is 0. The molecule has 100 valence electrons. The molecule has 2 aromatic rings. The molecule has 0 spiro atoms. The van der Waals surface area contributed by atoms with Gasteiger partial charge in [0.05, 0.1) is 18.2 Å². The highest BCUT2D eigenvalue weighted by atomic mass is 35.5. The molecule has 2 aromatic carbocycles. The second-order valence-electron chi connectivity index (χ2n) is 4.37. The first kappa shape index (κ1) is 14.2. The lowest BCUT2D eigenvalue weighted by Crippen LogP contribution is -2.13. The fourth-order valence-electron chi connectivity index (χ4n) is 2.04. The van der Waals surface area contributed by atoms with Crippen molar-refractivity contribution in [2.24, 2.45) is 5.73 Å². The Morgan fingerprint density at radius 3 is 2.47 bits per heavy atom. The molecule has 2 N–H and O–H groups in total. The van der Waals surface area contributed by atoms with E-state index >= 15 is 0 Å². The number of hydrogen-bond donors (Lipinski definition) is 1. The van der Waals surface area contributed by atoms with Gasteiger partial charge in [-0.2, -0.15) is 0 Å². The van der Waals surface area contributed by atoms with Gasteiger partial charge in [0.1, 0.15) is 5.75 Å². The largest absolute Gasteiger partial charge is 0.495 e. The minimum atomic E-state index is -0.233. The normalized spacial score (nSPS) is 12.3. The summed E-state index contributed by atoms with van der Waals surface area (Å²) < 4.78 is 5.21. The maximum Gasteiger partial charge on any atom is 0.137 e. The molecular formula is C15H15Cl2NO. The second-order valence-corrected chi connectivity index (χ2v) is 5.22. The van der Waals surface area contributed by atoms with Crippen LogP contribution in [0.5, 0.6) is 5.75 Å². The molecule has 0 fully saturated rings. The SMILES string of the molecule is COc1cc(C(N)c2ccc(Cl)cc2C)ccc1Cl. The van der Waals surface area contributed by atoms with Crippen LogP contribution in [0.2, 0.25) is 10.0 Å². The van der Waals surface area contributed by atoms with Crippen molar-refractivity contribution in [2.45, 2.75) is 13.0 Å². The van der Waals surface area contributed by atoms with Gasteiger partial charge in [0.2, 0.25) is 0 Å². The maximum absolute atomic E-state index is 6.30. The third kappa shape index (κ3) is 3.03. The van der Waals surface area contributed by atoms with Crippen LogP contribution in [-0.4, -0.2) is 7.11 Å². The van der Waals surface area contributed by atoms with E-state index in [1.807, 2.05) is 37.3 Å². The lowest BCUT2D eigenvalue weighted by atomic mass is 9.96. The van der Waals surface area contributed by atoms with Crippen molar-refractivity contribution < 1.29 is 4.74 Å². The Labute approximate surface area is 123 Å². The average molecular weight is 296 g/mol. The van der Waals surface area contributed by atoms with Gasteiger partial charge >= 0.3 is 0 Å². The van der Waals surface area contributed by atoms with Gasteiger partial charge in [-0.15, -0.1) is 0 Å². The monoisotopic (exact) mass is 295 g/mol. The molecule has 0 aliphatic carbocycles. The van der Waals surface area contributed by atoms with E-state index in [4.69, 9.17) is 33.7 Å². The first-order valence-electron chi connectivity index (χ1n) is 5.88. The van der Waals surface area contributed by atoms with Crippen LogP contribution >= 0.6 is 23.2 Å². The van der Waals surface area contributed by atoms with Crippen molar-refractivity contribution in [3.05, 3.63) is 63.1 Å². The summed E-state index contributed by atoms with van der Waals surface area (Å²) >= 11 is 12.0. The predicted octanol–water partition coefficient (Wildman–Crippen LogP) is 4.36. The number of rotatable bonds is 3. The Hall–Kier alpha value is -1.22. The first-order chi connectivity index (χ1) is 9.02. The molecule has 0 aromatic heterocycles. The Morgan fingerprint density at radius 2 is 1.84 bits per heavy atom. The Bertz CT molecular complexity index is 599. The van der Waals surface area contributed by atoms with E-state index in [1.54, 1.807) is 13.2 Å². The van der Waals surface area contributed by atoms with Crippen LogP contribution in [0.4, 0.5) is 0 Å². The van der Waals surface area contributed by atoms with E-state index in [-0.39, 0.29) is 6.04 Å². The highest BCUT2D eigenvalue weighted by Gasteiger charge is 2.13. The van der Waals surface area contributed by atoms with Crippen molar-refractivity contribution in [2.75, 3.05) is 7.11 Å². The van der Waals surface area contributed by atoms with E-state index in [0.29, 0.717) is 15.8 Å². The third-order valence-corrected chi connectivity index (χ3v) is 3.65. The predicted molar refractivity (Wildman–Crippen MR) is 80.2 cm³/mol. The van der Waals surface area contributed by atoms with E-state index in [9.17, 15) is 0 Å². The number of hydrogen-bond acceptors (Lipinski definition) is 2. The summed E-state index contributed by atoms with van der Waals surface area (Å²) in [5, 5.41) is 1.29. The van der Waals surface area contributed by atoms with E-state index in [1.165, 1.54) is 0 Å². The number of aryl methyl sites for hydroxylation is 1. The Kier molecular flexibility index (Phi) is 4.35. The first-order valence-corrected chi connectivity index (χ1v) is 6.63. The van der Waals surface area contributed by atoms with Gasteiger partial charge in [-0.1, -0.05) is 35.3 Å². The molecule has 2 nitrogen and oxygen atoms in total. The van der Waals surface area contributed by atoms with Crippen molar-refractivity contribution in [3.63, 3.8) is 0 Å². The molecule has 19 heavy (non-hydrogen) atoms. The molecule has 1 unspecified atom stereocenters. The molecule has 0 saturated carbocycles. The molecule has 0 aliphatic heterocycles. The van der Waals surface area contributed by atoms with E-state index in [2.05, 4.69) is 0 Å². The van der Waals surface area contributed by atoms with Crippen molar-refractivity contribution in [1.29, 1.82) is 0 Å². The Balaban J connectivity index is 2.40. The fourth-order valence-corrected chi connectivity index (χ4v) is 2.46. The van der Waals surface area contributed by atoms with Crippen molar-refractivity contribution in [3.8, 4) is 5.75 Å². The summed E-state index contributed by atoms with van der Waals surface area (Å²) in [5.41, 5.74) is 9.35. The quantitative estimate of drug-likeness (QED) is 0.913. The van der Waals surface area contributed by atoms with Gasteiger partial charge in [0, 0.05) is 5.02 Å². The molecule has 0 heterocycles. The van der Waals surface area contributed by atoms with Gasteiger partial charge in [-0.05, 0) is 47.9 Å². The number of benzene rings is 2. The molecular weight excluding hydrogens is 281 g/mol. The third-order valence-electron chi connectivity index (χ3n) is 3.10. The smallest absolute Gasteiger partial charge is 0.137 e. The van der Waals surface area contributed by atoms with Gasteiger partial charge < -0.3 is 10.5 Å². The Morgan fingerprint density at radius 1 is 1.11 bits per heavy atom. The van der Waals surface area contributed by atoms with Gasteiger partial charge in [-0.3, -0.25) is 0 Å². The molecule has 0 amide bonds. The number of nitrogens with two attached hydrogens (primary N) is 1. The van der Waals surface area contributed by atoms with Crippen molar-refractivity contribution in [1.82, 2.24) is 0 Å². The van der Waals surface area contributed by atoms with Gasteiger partial charge in [-0.25, -0.2) is 0 Å². The fraction of sp³-hybridized carbons (Fsp3) is 0.200. The van der Waals surface area contributed by atoms with Crippen LogP contribution in [0.3, 0.4) is 0 Å². The van der Waals surface area contributed by atoms with E-state index < -0.39 is 0 Å². The molecule has 0 aliphatic rings. The van der Waals surface area contributed by atoms with Crippen LogP contribution in [-0.2, 0) is 0 Å². The number of methoxy groups -OCH3 is 1. The van der Waals surface area contributed by atoms with Crippen LogP contribution in [0.1, 0.15) is 22.7 Å². The summed E-state index contributed by atoms with van der Waals surface area (Å²) in [5.74, 6) is 0.626. The van der Waals surface area contributed by atoms with Gasteiger partial charge in [0.25, 0.3) is 0 Å². The topological polar surface area (TPSA) is 35.2 Å². The lowest BCUT2D eigenvalue weighted by Gasteiger charge is -2.16. The zero-order chi connectivity index (χ0) is 14.0. The molecule has 0 radical (unpaired) electrons. The molecule has 0 saturated heterocycles. The summed E-state index contributed by atoms with van der Waals surface area (Å²) in [6, 6.07) is 11.0. The minimum absolute atomic E-state index is 0.233. The highest BCUT2D eigenvalue weighted by Crippen LogP contribution is 2.31. The zero-order valence-electron chi connectivity index (χ0n) is 10.8. The van der Waals surface area contributed by atoms with Crippen LogP contribution in [0, 0.1) is 6.92 Å². The van der Waals surface area contributed by atoms with Crippen molar-refractivity contribution >= 4 is 23.2 Å². The summed E-state index contributed by atoms with van der Waals surface area (Å²) in [6.45, 7) is 1.99. The molecule has 2 rings (SSSR count). The molecule has 4 heteroatoms. The number of ether oxygens (including phenoxy) is 1.